The number of hydrogen-bond acceptors (Lipinski definition) is 4. The van der Waals surface area contributed by atoms with Crippen molar-refractivity contribution < 1.29 is 4.79 Å². The number of nitrogens with one attached hydrogen (secondary N) is 1. The van der Waals surface area contributed by atoms with E-state index in [9.17, 15) is 4.79 Å². The first-order valence-electron chi connectivity index (χ1n) is 8.88. The van der Waals surface area contributed by atoms with Crippen molar-refractivity contribution in [3.63, 3.8) is 0 Å². The van der Waals surface area contributed by atoms with Gasteiger partial charge in [-0.3, -0.25) is 4.79 Å². The molecule has 1 heterocycles. The molecule has 5 heteroatoms. The van der Waals surface area contributed by atoms with Gasteiger partial charge in [0.1, 0.15) is 12.1 Å². The second kappa shape index (κ2) is 8.19. The van der Waals surface area contributed by atoms with Gasteiger partial charge in [-0.05, 0) is 60.5 Å². The van der Waals surface area contributed by atoms with E-state index in [-0.39, 0.29) is 5.78 Å². The predicted octanol–water partition coefficient (Wildman–Crippen LogP) is 5.85. The molecule has 1 N–H and O–H groups in total. The van der Waals surface area contributed by atoms with E-state index in [0.29, 0.717) is 17.0 Å². The third kappa shape index (κ3) is 4.18. The number of aromatic nitrogens is 2. The number of Topliss-reactive ketones (excluding diaryl/α,β-unsaturated/α-hetero) is 1. The smallest absolute Gasteiger partial charge is 0.163 e. The van der Waals surface area contributed by atoms with E-state index in [2.05, 4.69) is 15.3 Å². The van der Waals surface area contributed by atoms with Crippen LogP contribution in [0.2, 0.25) is 5.02 Å². The van der Waals surface area contributed by atoms with E-state index in [1.807, 2.05) is 79.2 Å². The number of halogens is 1. The highest BCUT2D eigenvalue weighted by Gasteiger charge is 2.08. The Balaban J connectivity index is 1.43. The Morgan fingerprint density at radius 3 is 2.46 bits per heavy atom. The summed E-state index contributed by atoms with van der Waals surface area (Å²) < 4.78 is 0. The van der Waals surface area contributed by atoms with Crippen LogP contribution in [0.1, 0.15) is 22.3 Å². The molecule has 0 unspecified atom stereocenters. The molecule has 0 saturated carbocycles. The lowest BCUT2D eigenvalue weighted by atomic mass is 10.0. The Hall–Kier alpha value is -3.24. The van der Waals surface area contributed by atoms with Crippen LogP contribution in [-0.2, 0) is 0 Å². The van der Waals surface area contributed by atoms with Crippen LogP contribution in [0.4, 0.5) is 11.5 Å². The number of nitrogens with zero attached hydrogens (tertiary/aromatic N) is 2. The number of rotatable bonds is 6. The average molecular weight is 387 g/mol. The minimum atomic E-state index is 0.0639. The van der Waals surface area contributed by atoms with E-state index < -0.39 is 0 Å². The van der Waals surface area contributed by atoms with E-state index >= 15 is 0 Å². The van der Waals surface area contributed by atoms with Gasteiger partial charge in [0.25, 0.3) is 0 Å². The number of carbonyl (C=O) groups excluding carboxylic acids is 1. The third-order valence-corrected chi connectivity index (χ3v) is 4.66. The monoisotopic (exact) mass is 386 g/mol. The minimum Gasteiger partial charge on any atom is -0.340 e. The van der Waals surface area contributed by atoms with Crippen molar-refractivity contribution in [3.05, 3.63) is 102 Å². The van der Waals surface area contributed by atoms with Crippen molar-refractivity contribution in [2.24, 2.45) is 0 Å². The van der Waals surface area contributed by atoms with Crippen LogP contribution in [0.25, 0.3) is 10.9 Å². The van der Waals surface area contributed by atoms with Gasteiger partial charge in [-0.15, -0.1) is 0 Å². The fraction of sp³-hybridized carbons (Fsp3) is 0.0435. The summed E-state index contributed by atoms with van der Waals surface area (Å²) in [5, 5.41) is 4.92. The van der Waals surface area contributed by atoms with E-state index in [1.54, 1.807) is 0 Å². The maximum atomic E-state index is 12.4. The van der Waals surface area contributed by atoms with Crippen LogP contribution in [0.5, 0.6) is 0 Å². The zero-order valence-corrected chi connectivity index (χ0v) is 15.7. The molecule has 4 rings (SSSR count). The van der Waals surface area contributed by atoms with Gasteiger partial charge in [0.05, 0.1) is 5.52 Å². The molecular weight excluding hydrogens is 370 g/mol. The summed E-state index contributed by atoms with van der Waals surface area (Å²) in [6.07, 6.45) is 3.78. The number of hydrogen-bond donors (Lipinski definition) is 1. The summed E-state index contributed by atoms with van der Waals surface area (Å²) in [4.78, 5) is 21.0. The second-order valence-electron chi connectivity index (χ2n) is 6.32. The minimum absolute atomic E-state index is 0.0639. The Bertz CT molecular complexity index is 1100. The molecule has 4 nitrogen and oxygen atoms in total. The zero-order valence-electron chi connectivity index (χ0n) is 15.0. The molecule has 1 radical (unpaired) electrons. The highest BCUT2D eigenvalue weighted by Crippen LogP contribution is 2.23. The number of ketones is 1. The lowest BCUT2D eigenvalue weighted by Gasteiger charge is -2.09. The summed E-state index contributed by atoms with van der Waals surface area (Å²) in [7, 11) is 0. The summed E-state index contributed by atoms with van der Waals surface area (Å²) in [5.74, 6) is 0.801. The lowest BCUT2D eigenvalue weighted by Crippen LogP contribution is -2.01. The maximum absolute atomic E-state index is 12.4. The fourth-order valence-electron chi connectivity index (χ4n) is 2.91. The molecule has 28 heavy (non-hydrogen) atoms. The normalized spacial score (nSPS) is 10.8. The molecule has 1 aromatic heterocycles. The standard InChI is InChI=1S/C23H17ClN3O/c24-18-10-5-16(6-11-18)7-14-22(28)17-8-12-19(13-9-17)27-23-20-3-1-2-4-21(20)25-15-26-23/h1-13,15H,14H2,(H,25,26,27). The van der Waals surface area contributed by atoms with Crippen molar-refractivity contribution in [2.45, 2.75) is 6.42 Å². The van der Waals surface area contributed by atoms with Gasteiger partial charge >= 0.3 is 0 Å². The first kappa shape index (κ1) is 18.1. The molecule has 4 aromatic rings. The van der Waals surface area contributed by atoms with Gasteiger partial charge in [-0.25, -0.2) is 9.97 Å². The summed E-state index contributed by atoms with van der Waals surface area (Å²) in [5.41, 5.74) is 3.39. The van der Waals surface area contributed by atoms with Crippen molar-refractivity contribution >= 4 is 39.8 Å². The number of carbonyl (C=O) groups is 1. The van der Waals surface area contributed by atoms with E-state index in [0.717, 1.165) is 28.0 Å². The average Bonchev–Trinajstić information content (AvgIpc) is 2.74. The molecule has 3 aromatic carbocycles. The Morgan fingerprint density at radius 2 is 1.68 bits per heavy atom. The van der Waals surface area contributed by atoms with E-state index in [4.69, 9.17) is 11.6 Å². The highest BCUT2D eigenvalue weighted by atomic mass is 35.5. The van der Waals surface area contributed by atoms with Crippen LogP contribution in [-0.4, -0.2) is 15.8 Å². The largest absolute Gasteiger partial charge is 0.340 e. The molecule has 0 aliphatic carbocycles. The molecule has 0 bridgehead atoms. The number of para-hydroxylation sites is 1. The van der Waals surface area contributed by atoms with Crippen molar-refractivity contribution in [1.29, 1.82) is 0 Å². The summed E-state index contributed by atoms with van der Waals surface area (Å²) in [6.45, 7) is 0. The van der Waals surface area contributed by atoms with Gasteiger partial charge in [-0.1, -0.05) is 35.9 Å². The fourth-order valence-corrected chi connectivity index (χ4v) is 3.03. The van der Waals surface area contributed by atoms with Crippen molar-refractivity contribution in [1.82, 2.24) is 9.97 Å². The van der Waals surface area contributed by atoms with E-state index in [1.165, 1.54) is 6.33 Å². The first-order chi connectivity index (χ1) is 13.7. The lowest BCUT2D eigenvalue weighted by molar-refractivity contribution is 0.0992. The number of benzene rings is 3. The van der Waals surface area contributed by atoms with Crippen LogP contribution in [0, 0.1) is 6.42 Å². The van der Waals surface area contributed by atoms with Crippen LogP contribution in [0.3, 0.4) is 0 Å². The quantitative estimate of drug-likeness (QED) is 0.422. The Labute approximate surface area is 168 Å². The molecule has 0 amide bonds. The molecule has 137 valence electrons. The van der Waals surface area contributed by atoms with Crippen LogP contribution < -0.4 is 5.32 Å². The number of anilines is 2. The topological polar surface area (TPSA) is 54.9 Å². The molecular formula is C23H17ClN3O. The van der Waals surface area contributed by atoms with Crippen molar-refractivity contribution in [3.8, 4) is 0 Å². The van der Waals surface area contributed by atoms with Crippen LogP contribution in [0.15, 0.2) is 79.1 Å². The Kier molecular flexibility index (Phi) is 5.31. The van der Waals surface area contributed by atoms with Crippen molar-refractivity contribution in [2.75, 3.05) is 5.32 Å². The SMILES string of the molecule is O=C(C[CH]c1ccc(Cl)cc1)c1ccc(Nc2ncnc3ccccc23)cc1. The predicted molar refractivity (Wildman–Crippen MR) is 113 cm³/mol. The third-order valence-electron chi connectivity index (χ3n) is 4.41. The molecule has 0 aliphatic rings. The molecule has 0 saturated heterocycles. The molecule has 0 spiro atoms. The van der Waals surface area contributed by atoms with Gasteiger partial charge in [0.15, 0.2) is 5.78 Å². The summed E-state index contributed by atoms with van der Waals surface area (Å²) in [6, 6.07) is 22.7. The zero-order chi connectivity index (χ0) is 19.3. The number of fused-ring (bicyclic) bond motifs is 1. The van der Waals surface area contributed by atoms with Gasteiger partial charge in [0, 0.05) is 28.1 Å². The van der Waals surface area contributed by atoms with Crippen LogP contribution >= 0.6 is 11.6 Å². The van der Waals surface area contributed by atoms with Gasteiger partial charge in [-0.2, -0.15) is 0 Å². The maximum Gasteiger partial charge on any atom is 0.163 e. The summed E-state index contributed by atoms with van der Waals surface area (Å²) >= 11 is 5.88. The first-order valence-corrected chi connectivity index (χ1v) is 9.26. The molecule has 0 atom stereocenters. The highest BCUT2D eigenvalue weighted by molar-refractivity contribution is 6.30. The molecule has 0 aliphatic heterocycles. The molecule has 0 fully saturated rings. The second-order valence-corrected chi connectivity index (χ2v) is 6.76. The Morgan fingerprint density at radius 1 is 0.929 bits per heavy atom. The van der Waals surface area contributed by atoms with Gasteiger partial charge < -0.3 is 5.32 Å². The van der Waals surface area contributed by atoms with Gasteiger partial charge in [0.2, 0.25) is 0 Å².